The third-order valence-electron chi connectivity index (χ3n) is 2.72. The van der Waals surface area contributed by atoms with E-state index in [1.165, 1.54) is 18.2 Å². The molecule has 0 bridgehead atoms. The van der Waals surface area contributed by atoms with Crippen LogP contribution in [0.5, 0.6) is 11.5 Å². The Balaban J connectivity index is 2.03. The Morgan fingerprint density at radius 2 is 1.76 bits per heavy atom. The van der Waals surface area contributed by atoms with Crippen molar-refractivity contribution >= 4 is 5.91 Å². The van der Waals surface area contributed by atoms with Crippen LogP contribution in [0.4, 0.5) is 0 Å². The molecule has 0 radical (unpaired) electrons. The van der Waals surface area contributed by atoms with Crippen LogP contribution in [0.1, 0.15) is 23.2 Å². The summed E-state index contributed by atoms with van der Waals surface area (Å²) >= 11 is 0. The highest BCUT2D eigenvalue weighted by Gasteiger charge is 2.17. The van der Waals surface area contributed by atoms with Gasteiger partial charge in [0.05, 0.1) is 0 Å². The van der Waals surface area contributed by atoms with Gasteiger partial charge in [0.15, 0.2) is 0 Å². The first-order valence-corrected chi connectivity index (χ1v) is 5.57. The molecule has 1 aromatic carbocycles. The van der Waals surface area contributed by atoms with Crippen molar-refractivity contribution in [3.05, 3.63) is 23.8 Å². The number of phenolic OH excluding ortho intramolecular Hbond substituents is 2. The Kier molecular flexibility index (Phi) is 3.49. The summed E-state index contributed by atoms with van der Waals surface area (Å²) in [5, 5.41) is 21.4. The Hall–Kier alpha value is -1.75. The standard InChI is InChI=1S/C12H15NO4/c14-10-5-8(6-11(15)7-10)12(16)13-9-1-3-17-4-2-9/h5-7,9,14-15H,1-4H2,(H,13,16). The lowest BCUT2D eigenvalue weighted by Crippen LogP contribution is -2.38. The number of carbonyl (C=O) groups is 1. The predicted octanol–water partition coefficient (Wildman–Crippen LogP) is 1.01. The minimum Gasteiger partial charge on any atom is -0.508 e. The van der Waals surface area contributed by atoms with Gasteiger partial charge in [-0.05, 0) is 25.0 Å². The quantitative estimate of drug-likeness (QED) is 0.717. The molecule has 0 atom stereocenters. The molecule has 2 rings (SSSR count). The number of nitrogens with one attached hydrogen (secondary N) is 1. The molecule has 5 heteroatoms. The van der Waals surface area contributed by atoms with E-state index in [-0.39, 0.29) is 29.0 Å². The number of rotatable bonds is 2. The van der Waals surface area contributed by atoms with Crippen LogP contribution >= 0.6 is 0 Å². The van der Waals surface area contributed by atoms with Gasteiger partial charge in [0.25, 0.3) is 5.91 Å². The molecule has 1 aliphatic rings. The van der Waals surface area contributed by atoms with E-state index in [0.717, 1.165) is 12.8 Å². The Labute approximate surface area is 99.0 Å². The minimum absolute atomic E-state index is 0.0979. The summed E-state index contributed by atoms with van der Waals surface area (Å²) in [5.41, 5.74) is 0.258. The second kappa shape index (κ2) is 5.05. The molecule has 0 aromatic heterocycles. The lowest BCUT2D eigenvalue weighted by Gasteiger charge is -2.23. The van der Waals surface area contributed by atoms with Crippen LogP contribution in [0.25, 0.3) is 0 Å². The van der Waals surface area contributed by atoms with Gasteiger partial charge in [-0.15, -0.1) is 0 Å². The van der Waals surface area contributed by atoms with Gasteiger partial charge in [-0.3, -0.25) is 4.79 Å². The van der Waals surface area contributed by atoms with Crippen LogP contribution in [0, 0.1) is 0 Å². The van der Waals surface area contributed by atoms with Crippen molar-refractivity contribution in [3.8, 4) is 11.5 Å². The molecule has 0 unspecified atom stereocenters. The topological polar surface area (TPSA) is 78.8 Å². The van der Waals surface area contributed by atoms with Crippen LogP contribution in [0.2, 0.25) is 0 Å². The van der Waals surface area contributed by atoms with Crippen LogP contribution in [-0.2, 0) is 4.74 Å². The van der Waals surface area contributed by atoms with Gasteiger partial charge in [-0.2, -0.15) is 0 Å². The van der Waals surface area contributed by atoms with Crippen molar-refractivity contribution in [1.29, 1.82) is 0 Å². The summed E-state index contributed by atoms with van der Waals surface area (Å²) < 4.78 is 5.19. The molecule has 5 nitrogen and oxygen atoms in total. The van der Waals surface area contributed by atoms with E-state index in [9.17, 15) is 15.0 Å². The van der Waals surface area contributed by atoms with Crippen molar-refractivity contribution in [1.82, 2.24) is 5.32 Å². The molecule has 0 aliphatic carbocycles. The molecular formula is C12H15NO4. The zero-order chi connectivity index (χ0) is 12.3. The van der Waals surface area contributed by atoms with Crippen molar-refractivity contribution in [2.24, 2.45) is 0 Å². The van der Waals surface area contributed by atoms with Gasteiger partial charge in [0.1, 0.15) is 11.5 Å². The fraction of sp³-hybridized carbons (Fsp3) is 0.417. The fourth-order valence-electron chi connectivity index (χ4n) is 1.84. The largest absolute Gasteiger partial charge is 0.508 e. The number of amides is 1. The third kappa shape index (κ3) is 3.10. The third-order valence-corrected chi connectivity index (χ3v) is 2.72. The van der Waals surface area contributed by atoms with Gasteiger partial charge in [-0.1, -0.05) is 0 Å². The molecular weight excluding hydrogens is 222 g/mol. The maximum Gasteiger partial charge on any atom is 0.251 e. The Bertz CT molecular complexity index is 393. The number of aromatic hydroxyl groups is 2. The zero-order valence-electron chi connectivity index (χ0n) is 9.35. The highest BCUT2D eigenvalue weighted by atomic mass is 16.5. The van der Waals surface area contributed by atoms with Crippen molar-refractivity contribution in [2.45, 2.75) is 18.9 Å². The molecule has 1 aromatic rings. The van der Waals surface area contributed by atoms with Gasteiger partial charge in [0, 0.05) is 30.9 Å². The second-order valence-corrected chi connectivity index (χ2v) is 4.10. The molecule has 17 heavy (non-hydrogen) atoms. The summed E-state index contributed by atoms with van der Waals surface area (Å²) in [6.45, 7) is 1.30. The fourth-order valence-corrected chi connectivity index (χ4v) is 1.84. The van der Waals surface area contributed by atoms with Crippen LogP contribution in [0.15, 0.2) is 18.2 Å². The van der Waals surface area contributed by atoms with E-state index in [4.69, 9.17) is 4.74 Å². The summed E-state index contributed by atoms with van der Waals surface area (Å²) in [7, 11) is 0. The number of hydrogen-bond donors (Lipinski definition) is 3. The van der Waals surface area contributed by atoms with Crippen molar-refractivity contribution in [2.75, 3.05) is 13.2 Å². The van der Waals surface area contributed by atoms with E-state index in [1.54, 1.807) is 0 Å². The summed E-state index contributed by atoms with van der Waals surface area (Å²) in [4.78, 5) is 11.8. The van der Waals surface area contributed by atoms with E-state index < -0.39 is 0 Å². The van der Waals surface area contributed by atoms with E-state index in [1.807, 2.05) is 0 Å². The maximum absolute atomic E-state index is 11.8. The number of benzene rings is 1. The molecule has 1 fully saturated rings. The van der Waals surface area contributed by atoms with E-state index >= 15 is 0 Å². The normalized spacial score (nSPS) is 16.7. The first kappa shape index (κ1) is 11.7. The average molecular weight is 237 g/mol. The minimum atomic E-state index is -0.289. The highest BCUT2D eigenvalue weighted by Crippen LogP contribution is 2.20. The number of hydrogen-bond acceptors (Lipinski definition) is 4. The first-order chi connectivity index (χ1) is 8.15. The summed E-state index contributed by atoms with van der Waals surface area (Å²) in [5.74, 6) is -0.535. The summed E-state index contributed by atoms with van der Waals surface area (Å²) in [6, 6.07) is 3.94. The Morgan fingerprint density at radius 1 is 1.18 bits per heavy atom. The second-order valence-electron chi connectivity index (χ2n) is 4.10. The molecule has 1 amide bonds. The number of carbonyl (C=O) groups excluding carboxylic acids is 1. The maximum atomic E-state index is 11.8. The van der Waals surface area contributed by atoms with Crippen LogP contribution in [0.3, 0.4) is 0 Å². The van der Waals surface area contributed by atoms with Crippen LogP contribution in [-0.4, -0.2) is 35.4 Å². The average Bonchev–Trinajstić information content (AvgIpc) is 2.29. The van der Waals surface area contributed by atoms with Gasteiger partial charge < -0.3 is 20.3 Å². The number of ether oxygens (including phenoxy) is 1. The van der Waals surface area contributed by atoms with Crippen molar-refractivity contribution < 1.29 is 19.7 Å². The van der Waals surface area contributed by atoms with Gasteiger partial charge in [-0.25, -0.2) is 0 Å². The van der Waals surface area contributed by atoms with E-state index in [0.29, 0.717) is 13.2 Å². The monoisotopic (exact) mass is 237 g/mol. The summed E-state index contributed by atoms with van der Waals surface area (Å²) in [6.07, 6.45) is 1.58. The highest BCUT2D eigenvalue weighted by molar-refractivity contribution is 5.95. The molecule has 0 saturated carbocycles. The van der Waals surface area contributed by atoms with E-state index in [2.05, 4.69) is 5.32 Å². The SMILES string of the molecule is O=C(NC1CCOCC1)c1cc(O)cc(O)c1. The molecule has 3 N–H and O–H groups in total. The smallest absolute Gasteiger partial charge is 0.251 e. The number of phenols is 2. The molecule has 1 saturated heterocycles. The van der Waals surface area contributed by atoms with Gasteiger partial charge in [0.2, 0.25) is 0 Å². The lowest BCUT2D eigenvalue weighted by atomic mass is 10.1. The van der Waals surface area contributed by atoms with Gasteiger partial charge >= 0.3 is 0 Å². The molecule has 92 valence electrons. The zero-order valence-corrected chi connectivity index (χ0v) is 9.35. The molecule has 1 heterocycles. The molecule has 1 aliphatic heterocycles. The lowest BCUT2D eigenvalue weighted by molar-refractivity contribution is 0.0696. The van der Waals surface area contributed by atoms with Crippen LogP contribution < -0.4 is 5.32 Å². The van der Waals surface area contributed by atoms with Crippen molar-refractivity contribution in [3.63, 3.8) is 0 Å². The molecule has 0 spiro atoms. The first-order valence-electron chi connectivity index (χ1n) is 5.57. The predicted molar refractivity (Wildman–Crippen MR) is 61.1 cm³/mol. The Morgan fingerprint density at radius 3 is 2.35 bits per heavy atom.